The SMILES string of the molecule is Clc1nc2ccccc2n1C12CC3CC(CC(C3)C1)C2. The molecule has 4 aliphatic rings. The second kappa shape index (κ2) is 3.79. The minimum atomic E-state index is 0.266. The Hall–Kier alpha value is -1.02. The molecule has 0 saturated heterocycles. The molecule has 0 N–H and O–H groups in total. The summed E-state index contributed by atoms with van der Waals surface area (Å²) in [6, 6.07) is 8.43. The zero-order valence-electron chi connectivity index (χ0n) is 11.6. The van der Waals surface area contributed by atoms with Crippen LogP contribution in [0, 0.1) is 17.8 Å². The summed E-state index contributed by atoms with van der Waals surface area (Å²) in [6.45, 7) is 0. The van der Waals surface area contributed by atoms with E-state index in [1.165, 1.54) is 44.0 Å². The normalized spacial score (nSPS) is 38.8. The third kappa shape index (κ3) is 1.43. The average Bonchev–Trinajstić information content (AvgIpc) is 2.73. The number of nitrogens with zero attached hydrogens (tertiary/aromatic N) is 2. The van der Waals surface area contributed by atoms with Gasteiger partial charge in [0.2, 0.25) is 5.28 Å². The zero-order chi connectivity index (χ0) is 13.3. The number of fused-ring (bicyclic) bond motifs is 1. The molecule has 0 aliphatic heterocycles. The van der Waals surface area contributed by atoms with E-state index >= 15 is 0 Å². The molecule has 0 amide bonds. The van der Waals surface area contributed by atoms with Gasteiger partial charge >= 0.3 is 0 Å². The summed E-state index contributed by atoms with van der Waals surface area (Å²) in [5.74, 6) is 2.79. The maximum atomic E-state index is 6.56. The summed E-state index contributed by atoms with van der Waals surface area (Å²) in [7, 11) is 0. The van der Waals surface area contributed by atoms with Crippen LogP contribution in [0.5, 0.6) is 0 Å². The third-order valence-electron chi connectivity index (χ3n) is 6.00. The van der Waals surface area contributed by atoms with E-state index in [2.05, 4.69) is 33.8 Å². The highest BCUT2D eigenvalue weighted by atomic mass is 35.5. The summed E-state index contributed by atoms with van der Waals surface area (Å²) in [6.07, 6.45) is 8.34. The molecule has 0 radical (unpaired) electrons. The molecule has 0 unspecified atom stereocenters. The van der Waals surface area contributed by atoms with Crippen molar-refractivity contribution in [2.75, 3.05) is 0 Å². The molecule has 4 aliphatic carbocycles. The van der Waals surface area contributed by atoms with Crippen LogP contribution in [0.25, 0.3) is 11.0 Å². The number of rotatable bonds is 1. The Kier molecular flexibility index (Phi) is 2.20. The third-order valence-corrected chi connectivity index (χ3v) is 6.25. The molecule has 6 rings (SSSR count). The van der Waals surface area contributed by atoms with Crippen LogP contribution in [0.4, 0.5) is 0 Å². The molecule has 0 atom stereocenters. The maximum Gasteiger partial charge on any atom is 0.204 e. The van der Waals surface area contributed by atoms with Crippen molar-refractivity contribution in [3.05, 3.63) is 29.5 Å². The molecule has 4 bridgehead atoms. The predicted molar refractivity (Wildman–Crippen MR) is 80.9 cm³/mol. The molecule has 2 aromatic rings. The molecule has 4 fully saturated rings. The molecule has 1 aromatic heterocycles. The number of aromatic nitrogens is 2. The molecular weight excluding hydrogens is 268 g/mol. The number of halogens is 1. The highest BCUT2D eigenvalue weighted by Crippen LogP contribution is 2.59. The number of benzene rings is 1. The van der Waals surface area contributed by atoms with E-state index < -0.39 is 0 Å². The van der Waals surface area contributed by atoms with Crippen LogP contribution in [-0.2, 0) is 5.54 Å². The van der Waals surface area contributed by atoms with Gasteiger partial charge in [-0.15, -0.1) is 0 Å². The Morgan fingerprint density at radius 1 is 1.00 bits per heavy atom. The smallest absolute Gasteiger partial charge is 0.204 e. The van der Waals surface area contributed by atoms with Crippen molar-refractivity contribution >= 4 is 22.6 Å². The summed E-state index contributed by atoms with van der Waals surface area (Å²) >= 11 is 6.56. The fraction of sp³-hybridized carbons (Fsp3) is 0.588. The van der Waals surface area contributed by atoms with Crippen LogP contribution in [0.2, 0.25) is 5.28 Å². The van der Waals surface area contributed by atoms with Gasteiger partial charge in [-0.1, -0.05) is 12.1 Å². The second-order valence-electron chi connectivity index (χ2n) is 7.35. The van der Waals surface area contributed by atoms with Gasteiger partial charge in [0.15, 0.2) is 0 Å². The molecule has 1 aromatic carbocycles. The van der Waals surface area contributed by atoms with Crippen LogP contribution in [0.1, 0.15) is 38.5 Å². The van der Waals surface area contributed by atoms with Crippen LogP contribution in [-0.4, -0.2) is 9.55 Å². The molecule has 3 heteroatoms. The highest BCUT2D eigenvalue weighted by Gasteiger charge is 2.52. The van der Waals surface area contributed by atoms with E-state index in [9.17, 15) is 0 Å². The monoisotopic (exact) mass is 286 g/mol. The van der Waals surface area contributed by atoms with Crippen molar-refractivity contribution in [2.45, 2.75) is 44.1 Å². The van der Waals surface area contributed by atoms with Crippen molar-refractivity contribution in [1.82, 2.24) is 9.55 Å². The molecule has 2 nitrogen and oxygen atoms in total. The van der Waals surface area contributed by atoms with E-state index in [0.717, 1.165) is 23.3 Å². The van der Waals surface area contributed by atoms with Gasteiger partial charge in [-0.2, -0.15) is 0 Å². The topological polar surface area (TPSA) is 17.8 Å². The van der Waals surface area contributed by atoms with Gasteiger partial charge < -0.3 is 4.57 Å². The van der Waals surface area contributed by atoms with Gasteiger partial charge in [-0.3, -0.25) is 0 Å². The minimum absolute atomic E-state index is 0.266. The minimum Gasteiger partial charge on any atom is -0.308 e. The van der Waals surface area contributed by atoms with E-state index in [1.54, 1.807) is 0 Å². The zero-order valence-corrected chi connectivity index (χ0v) is 12.3. The van der Waals surface area contributed by atoms with Gasteiger partial charge in [-0.25, -0.2) is 4.98 Å². The average molecular weight is 287 g/mol. The van der Waals surface area contributed by atoms with Crippen LogP contribution in [0.3, 0.4) is 0 Å². The van der Waals surface area contributed by atoms with Crippen molar-refractivity contribution in [1.29, 1.82) is 0 Å². The first-order valence-electron chi connectivity index (χ1n) is 7.87. The Labute approximate surface area is 124 Å². The van der Waals surface area contributed by atoms with Crippen LogP contribution >= 0.6 is 11.6 Å². The van der Waals surface area contributed by atoms with Crippen molar-refractivity contribution < 1.29 is 0 Å². The van der Waals surface area contributed by atoms with E-state index in [1.807, 2.05) is 0 Å². The van der Waals surface area contributed by atoms with Crippen LogP contribution in [0.15, 0.2) is 24.3 Å². The highest BCUT2D eigenvalue weighted by molar-refractivity contribution is 6.29. The van der Waals surface area contributed by atoms with Crippen molar-refractivity contribution in [3.63, 3.8) is 0 Å². The van der Waals surface area contributed by atoms with Gasteiger partial charge in [0.05, 0.1) is 11.0 Å². The molecule has 0 spiro atoms. The number of para-hydroxylation sites is 2. The lowest BCUT2D eigenvalue weighted by molar-refractivity contribution is -0.0408. The first-order valence-corrected chi connectivity index (χ1v) is 8.25. The summed E-state index contributed by atoms with van der Waals surface area (Å²) in [4.78, 5) is 4.60. The molecular formula is C17H19ClN2. The molecule has 20 heavy (non-hydrogen) atoms. The Morgan fingerprint density at radius 3 is 2.25 bits per heavy atom. The van der Waals surface area contributed by atoms with Gasteiger partial charge in [0.1, 0.15) is 0 Å². The van der Waals surface area contributed by atoms with E-state index in [4.69, 9.17) is 11.6 Å². The van der Waals surface area contributed by atoms with Crippen molar-refractivity contribution in [3.8, 4) is 0 Å². The van der Waals surface area contributed by atoms with Crippen molar-refractivity contribution in [2.24, 2.45) is 17.8 Å². The van der Waals surface area contributed by atoms with Gasteiger partial charge in [0.25, 0.3) is 0 Å². The van der Waals surface area contributed by atoms with Crippen LogP contribution < -0.4 is 0 Å². The Morgan fingerprint density at radius 2 is 1.60 bits per heavy atom. The Balaban J connectivity index is 1.73. The predicted octanol–water partition coefficient (Wildman–Crippen LogP) is 4.62. The Bertz CT molecular complexity index is 652. The molecule has 104 valence electrons. The lowest BCUT2D eigenvalue weighted by Crippen LogP contribution is -2.51. The fourth-order valence-corrected chi connectivity index (χ4v) is 6.15. The first-order chi connectivity index (χ1) is 9.73. The fourth-order valence-electron chi connectivity index (χ4n) is 5.79. The molecule has 4 saturated carbocycles. The molecule has 1 heterocycles. The van der Waals surface area contributed by atoms with Gasteiger partial charge in [-0.05, 0) is 80.0 Å². The first kappa shape index (κ1) is 11.6. The summed E-state index contributed by atoms with van der Waals surface area (Å²) < 4.78 is 2.40. The largest absolute Gasteiger partial charge is 0.308 e. The summed E-state index contributed by atoms with van der Waals surface area (Å²) in [5, 5.41) is 0.702. The van der Waals surface area contributed by atoms with E-state index in [-0.39, 0.29) is 5.54 Å². The second-order valence-corrected chi connectivity index (χ2v) is 7.68. The number of imidazole rings is 1. The lowest BCUT2D eigenvalue weighted by atomic mass is 9.53. The quantitative estimate of drug-likeness (QED) is 0.748. The number of hydrogen-bond acceptors (Lipinski definition) is 1. The maximum absolute atomic E-state index is 6.56. The number of hydrogen-bond donors (Lipinski definition) is 0. The van der Waals surface area contributed by atoms with E-state index in [0.29, 0.717) is 5.28 Å². The summed E-state index contributed by atoms with van der Waals surface area (Å²) in [5.41, 5.74) is 2.55. The lowest BCUT2D eigenvalue weighted by Gasteiger charge is -2.57. The van der Waals surface area contributed by atoms with Gasteiger partial charge in [0, 0.05) is 5.54 Å². The standard InChI is InChI=1S/C17H19ClN2/c18-16-19-14-3-1-2-4-15(14)20(16)17-8-11-5-12(9-17)7-13(6-11)10-17/h1-4,11-13H,5-10H2.